The zero-order chi connectivity index (χ0) is 31.1. The number of hydrogen-bond donors (Lipinski definition) is 3. The topological polar surface area (TPSA) is 119 Å². The number of carbonyl (C=O) groups is 2. The van der Waals surface area contributed by atoms with Crippen molar-refractivity contribution in [2.24, 2.45) is 22.7 Å². The molecule has 0 aromatic heterocycles. The van der Waals surface area contributed by atoms with Gasteiger partial charge >= 0.3 is 0 Å². The summed E-state index contributed by atoms with van der Waals surface area (Å²) in [7, 11) is 0. The lowest BCUT2D eigenvalue weighted by molar-refractivity contribution is -0.231. The smallest absolute Gasteiger partial charge is 0.193 e. The molecule has 5 aliphatic rings. The van der Waals surface area contributed by atoms with Gasteiger partial charge in [0.2, 0.25) is 0 Å². The summed E-state index contributed by atoms with van der Waals surface area (Å²) in [4.78, 5) is 25.9. The minimum absolute atomic E-state index is 0.0312. The maximum atomic E-state index is 17.5. The van der Waals surface area contributed by atoms with Crippen LogP contribution in [0.3, 0.4) is 0 Å². The lowest BCUT2D eigenvalue weighted by Crippen LogP contribution is -2.69. The monoisotopic (exact) mass is 601 g/mol. The summed E-state index contributed by atoms with van der Waals surface area (Å²) in [6.07, 6.45) is 4.56. The first kappa shape index (κ1) is 29.5. The molecule has 1 saturated heterocycles. The van der Waals surface area contributed by atoms with E-state index < -0.39 is 58.9 Å². The van der Waals surface area contributed by atoms with Crippen LogP contribution in [0.15, 0.2) is 72.3 Å². The van der Waals surface area contributed by atoms with E-state index in [1.165, 1.54) is 12.2 Å². The van der Waals surface area contributed by atoms with E-state index in [1.54, 1.807) is 13.0 Å². The Kier molecular flexibility index (Phi) is 6.83. The Morgan fingerprint density at radius 1 is 1.09 bits per heavy atom. The molecule has 1 aliphatic heterocycles. The Hall–Kier alpha value is -3.17. The number of Topliss-reactive ketones (excluding diaryl/α,β-unsaturated/α-hetero) is 1. The first-order valence-electron chi connectivity index (χ1n) is 15.7. The molecule has 3 saturated carbocycles. The first-order chi connectivity index (χ1) is 21.0. The zero-order valence-corrected chi connectivity index (χ0v) is 25.2. The fourth-order valence-electron chi connectivity index (χ4n) is 9.60. The van der Waals surface area contributed by atoms with E-state index in [0.29, 0.717) is 24.8 Å². The number of nitrogen functional groups attached to an aromatic ring is 1. The van der Waals surface area contributed by atoms with Crippen molar-refractivity contribution in [3.63, 3.8) is 0 Å². The van der Waals surface area contributed by atoms with Crippen LogP contribution < -0.4 is 5.73 Å². The van der Waals surface area contributed by atoms with E-state index >= 15 is 4.39 Å². The molecule has 44 heavy (non-hydrogen) atoms. The van der Waals surface area contributed by atoms with Crippen molar-refractivity contribution < 1.29 is 33.7 Å². The van der Waals surface area contributed by atoms with E-state index in [4.69, 9.17) is 15.2 Å². The van der Waals surface area contributed by atoms with Gasteiger partial charge in [-0.2, -0.15) is 0 Å². The summed E-state index contributed by atoms with van der Waals surface area (Å²) in [5, 5.41) is 21.9. The highest BCUT2D eigenvalue weighted by molar-refractivity contribution is 6.01. The molecule has 232 valence electrons. The predicted molar refractivity (Wildman–Crippen MR) is 162 cm³/mol. The van der Waals surface area contributed by atoms with Crippen molar-refractivity contribution in [1.29, 1.82) is 0 Å². The zero-order valence-electron chi connectivity index (χ0n) is 25.2. The number of ketones is 2. The van der Waals surface area contributed by atoms with Crippen molar-refractivity contribution in [3.05, 3.63) is 89.0 Å². The predicted octanol–water partition coefficient (Wildman–Crippen LogP) is 4.75. The summed E-state index contributed by atoms with van der Waals surface area (Å²) in [5.74, 6) is -1.59. The lowest BCUT2D eigenvalue weighted by Gasteiger charge is -2.62. The SMILES string of the molecule is C[C@]12C=CC(=O)C=C1CC[C@H]1[C@@H]3C[C@H]4O[C@@H](c5ccc(CCc6cccc(N)c6)cc5)O[C@@]4(C(=O)CO)[C@@]3(C)C[C@H](O)[C@@]12F. The van der Waals surface area contributed by atoms with E-state index in [2.05, 4.69) is 6.07 Å². The average molecular weight is 602 g/mol. The van der Waals surface area contributed by atoms with Gasteiger partial charge in [0, 0.05) is 28.0 Å². The summed E-state index contributed by atoms with van der Waals surface area (Å²) < 4.78 is 30.7. The van der Waals surface area contributed by atoms with Crippen LogP contribution in [-0.2, 0) is 31.9 Å². The number of nitrogens with two attached hydrogens (primary N) is 1. The third-order valence-electron chi connectivity index (χ3n) is 11.8. The summed E-state index contributed by atoms with van der Waals surface area (Å²) in [6, 6.07) is 15.8. The van der Waals surface area contributed by atoms with Gasteiger partial charge in [-0.25, -0.2) is 4.39 Å². The molecule has 7 rings (SSSR count). The molecule has 4 fully saturated rings. The van der Waals surface area contributed by atoms with Crippen molar-refractivity contribution in [2.75, 3.05) is 12.3 Å². The summed E-state index contributed by atoms with van der Waals surface area (Å²) >= 11 is 0. The number of allylic oxidation sites excluding steroid dienone is 4. The number of anilines is 1. The van der Waals surface area contributed by atoms with Crippen LogP contribution in [0, 0.1) is 22.7 Å². The number of aryl methyl sites for hydroxylation is 2. The Bertz CT molecular complexity index is 1570. The number of halogens is 1. The van der Waals surface area contributed by atoms with E-state index in [-0.39, 0.29) is 18.1 Å². The van der Waals surface area contributed by atoms with Gasteiger partial charge in [-0.15, -0.1) is 0 Å². The molecule has 2 aromatic carbocycles. The van der Waals surface area contributed by atoms with Crippen molar-refractivity contribution in [1.82, 2.24) is 0 Å². The Morgan fingerprint density at radius 3 is 2.57 bits per heavy atom. The van der Waals surface area contributed by atoms with Crippen molar-refractivity contribution in [3.8, 4) is 0 Å². The third kappa shape index (κ3) is 3.94. The van der Waals surface area contributed by atoms with Gasteiger partial charge in [0.05, 0.1) is 12.2 Å². The van der Waals surface area contributed by atoms with Gasteiger partial charge in [-0.05, 0) is 86.8 Å². The molecule has 9 atom stereocenters. The van der Waals surface area contributed by atoms with Gasteiger partial charge in [-0.1, -0.05) is 55.0 Å². The molecule has 4 N–H and O–H groups in total. The Balaban J connectivity index is 1.16. The third-order valence-corrected chi connectivity index (χ3v) is 11.8. The number of ether oxygens (including phenoxy) is 2. The average Bonchev–Trinajstić information content (AvgIpc) is 3.50. The van der Waals surface area contributed by atoms with Crippen LogP contribution in [0.25, 0.3) is 0 Å². The second-order valence-corrected chi connectivity index (χ2v) is 13.9. The normalized spacial score (nSPS) is 40.5. The highest BCUT2D eigenvalue weighted by Crippen LogP contribution is 2.72. The number of alkyl halides is 1. The van der Waals surface area contributed by atoms with Crippen molar-refractivity contribution >= 4 is 17.3 Å². The molecule has 0 spiro atoms. The molecular weight excluding hydrogens is 561 g/mol. The fraction of sp³-hybridized carbons (Fsp3) is 0.500. The molecule has 0 bridgehead atoms. The molecule has 4 aliphatic carbocycles. The minimum Gasteiger partial charge on any atom is -0.399 e. The van der Waals surface area contributed by atoms with Crippen LogP contribution in [0.1, 0.15) is 62.5 Å². The molecule has 7 nitrogen and oxygen atoms in total. The van der Waals surface area contributed by atoms with E-state index in [0.717, 1.165) is 35.2 Å². The maximum absolute atomic E-state index is 17.5. The van der Waals surface area contributed by atoms with Gasteiger partial charge in [-0.3, -0.25) is 9.59 Å². The van der Waals surface area contributed by atoms with Crippen LogP contribution in [0.4, 0.5) is 10.1 Å². The summed E-state index contributed by atoms with van der Waals surface area (Å²) in [6.45, 7) is 2.92. The van der Waals surface area contributed by atoms with E-state index in [1.807, 2.05) is 49.4 Å². The largest absolute Gasteiger partial charge is 0.399 e. The van der Waals surface area contributed by atoms with E-state index in [9.17, 15) is 19.8 Å². The van der Waals surface area contributed by atoms with Gasteiger partial charge in [0.15, 0.2) is 29.1 Å². The van der Waals surface area contributed by atoms with Crippen LogP contribution >= 0.6 is 0 Å². The standard InChI is InChI=1S/C36H40FNO6/c1-33-15-14-26(40)17-24(33)12-13-27-28-18-31-36(30(42)20-39,34(28,2)19-29(41)35(27,33)37)44-32(43-31)23-10-8-21(9-11-23)6-7-22-4-3-5-25(38)16-22/h3-5,8-11,14-17,27-29,31-32,39,41H,6-7,12-13,18-20,38H2,1-2H3/t27-,28-,29-,31+,32+,33-,34-,35-,36+/m0/s1. The summed E-state index contributed by atoms with van der Waals surface area (Å²) in [5.41, 5.74) is 4.75. The molecule has 1 heterocycles. The number of aliphatic hydroxyl groups excluding tert-OH is 2. The quantitative estimate of drug-likeness (QED) is 0.409. The molecule has 0 radical (unpaired) electrons. The number of aliphatic hydroxyl groups is 2. The Labute approximate surface area is 256 Å². The van der Waals surface area contributed by atoms with Gasteiger partial charge in [0.25, 0.3) is 0 Å². The lowest BCUT2D eigenvalue weighted by atomic mass is 9.44. The number of fused-ring (bicyclic) bond motifs is 7. The number of rotatable bonds is 6. The number of benzene rings is 2. The second-order valence-electron chi connectivity index (χ2n) is 13.9. The van der Waals surface area contributed by atoms with Crippen LogP contribution in [0.5, 0.6) is 0 Å². The fourth-order valence-corrected chi connectivity index (χ4v) is 9.60. The molecular formula is C36H40FNO6. The van der Waals surface area contributed by atoms with Crippen LogP contribution in [0.2, 0.25) is 0 Å². The van der Waals surface area contributed by atoms with Crippen molar-refractivity contribution in [2.45, 2.75) is 82.1 Å². The van der Waals surface area contributed by atoms with Crippen LogP contribution in [-0.4, -0.2) is 51.9 Å². The van der Waals surface area contributed by atoms with Gasteiger partial charge in [0.1, 0.15) is 6.61 Å². The molecule has 2 aromatic rings. The molecule has 0 unspecified atom stereocenters. The molecule has 8 heteroatoms. The second kappa shape index (κ2) is 10.2. The minimum atomic E-state index is -2.03. The first-order valence-corrected chi connectivity index (χ1v) is 15.7. The number of hydrogen-bond acceptors (Lipinski definition) is 7. The van der Waals surface area contributed by atoms with Gasteiger partial charge < -0.3 is 25.4 Å². The highest BCUT2D eigenvalue weighted by Gasteiger charge is 2.79. The number of carbonyl (C=O) groups excluding carboxylic acids is 2. The maximum Gasteiger partial charge on any atom is 0.193 e. The Morgan fingerprint density at radius 2 is 1.84 bits per heavy atom. The molecule has 0 amide bonds. The highest BCUT2D eigenvalue weighted by atomic mass is 19.1.